The van der Waals surface area contributed by atoms with Gasteiger partial charge in [0.05, 0.1) is 25.1 Å². The lowest BCUT2D eigenvalue weighted by Crippen LogP contribution is -3.04. The first-order valence-electron chi connectivity index (χ1n) is 7.02. The molecule has 1 saturated heterocycles. The summed E-state index contributed by atoms with van der Waals surface area (Å²) in [6, 6.07) is -0.129. The second kappa shape index (κ2) is 7.04. The van der Waals surface area contributed by atoms with E-state index in [1.807, 2.05) is 12.5 Å². The Balaban J connectivity index is 0.00000176. The van der Waals surface area contributed by atoms with Gasteiger partial charge in [-0.05, 0) is 12.8 Å². The molecule has 3 aliphatic rings. The second-order valence-electron chi connectivity index (χ2n) is 5.41. The smallest absolute Gasteiger partial charge is 0.198 e. The van der Waals surface area contributed by atoms with Crippen molar-refractivity contribution < 1.29 is 31.9 Å². The largest absolute Gasteiger partial charge is 1.00 e. The molecular weight excluding hydrogens is 308 g/mol. The normalized spacial score (nSPS) is 29.5. The van der Waals surface area contributed by atoms with E-state index in [0.717, 1.165) is 29.1 Å². The van der Waals surface area contributed by atoms with E-state index in [1.165, 1.54) is 4.90 Å². The summed E-state index contributed by atoms with van der Waals surface area (Å²) in [6.07, 6.45) is 7.75. The maximum absolute atomic E-state index is 11.3. The van der Waals surface area contributed by atoms with Crippen LogP contribution in [0.5, 0.6) is 0 Å². The average Bonchev–Trinajstić information content (AvgIpc) is 2.92. The van der Waals surface area contributed by atoms with Crippen molar-refractivity contribution in [2.75, 3.05) is 20.3 Å². The lowest BCUT2D eigenvalue weighted by molar-refractivity contribution is -0.682. The number of nitrogens with zero attached hydrogens (tertiary/aromatic N) is 3. The number of hydrogen-bond acceptors (Lipinski definition) is 5. The predicted octanol–water partition coefficient (Wildman–Crippen LogP) is -4.25. The van der Waals surface area contributed by atoms with Crippen molar-refractivity contribution in [3.63, 3.8) is 0 Å². The molecule has 3 aliphatic heterocycles. The SMILES string of the molecule is COCC1CCC(C2=C3C=NC=C[NH+]3C=N2)CN1C(=O)[O-].[Cl-]. The van der Waals surface area contributed by atoms with Crippen LogP contribution in [0.3, 0.4) is 0 Å². The van der Waals surface area contributed by atoms with Crippen molar-refractivity contribution in [2.45, 2.75) is 18.9 Å². The molecule has 3 heterocycles. The van der Waals surface area contributed by atoms with Crippen LogP contribution >= 0.6 is 0 Å². The lowest BCUT2D eigenvalue weighted by Gasteiger charge is -2.40. The first-order chi connectivity index (χ1) is 10.2. The highest BCUT2D eigenvalue weighted by atomic mass is 35.5. The van der Waals surface area contributed by atoms with Crippen LogP contribution in [0.15, 0.2) is 33.8 Å². The van der Waals surface area contributed by atoms with Gasteiger partial charge in [-0.15, -0.1) is 0 Å². The van der Waals surface area contributed by atoms with Gasteiger partial charge in [0.2, 0.25) is 0 Å². The topological polar surface area (TPSA) is 81.8 Å². The maximum Gasteiger partial charge on any atom is 0.198 e. The van der Waals surface area contributed by atoms with E-state index in [-0.39, 0.29) is 24.4 Å². The Morgan fingerprint density at radius 2 is 2.36 bits per heavy atom. The third-order valence-electron chi connectivity index (χ3n) is 4.16. The lowest BCUT2D eigenvalue weighted by atomic mass is 9.90. The summed E-state index contributed by atoms with van der Waals surface area (Å²) in [5.74, 6) is 0.0812. The molecule has 3 unspecified atom stereocenters. The van der Waals surface area contributed by atoms with Crippen LogP contribution in [0, 0.1) is 5.92 Å². The minimum atomic E-state index is -1.14. The monoisotopic (exact) mass is 325 g/mol. The number of hydrogen-bond donors (Lipinski definition) is 1. The number of aliphatic imine (C=N–C) groups is 2. The molecule has 120 valence electrons. The van der Waals surface area contributed by atoms with Crippen LogP contribution in [-0.4, -0.2) is 49.8 Å². The Bertz CT molecular complexity index is 558. The number of halogens is 1. The van der Waals surface area contributed by atoms with Crippen LogP contribution < -0.4 is 22.4 Å². The number of ether oxygens (including phenoxy) is 1. The van der Waals surface area contributed by atoms with Crippen molar-refractivity contribution in [3.05, 3.63) is 23.8 Å². The molecule has 1 amide bonds. The van der Waals surface area contributed by atoms with E-state index in [2.05, 4.69) is 9.98 Å². The van der Waals surface area contributed by atoms with Crippen molar-refractivity contribution >= 4 is 18.6 Å². The summed E-state index contributed by atoms with van der Waals surface area (Å²) >= 11 is 0. The van der Waals surface area contributed by atoms with Gasteiger partial charge in [0.25, 0.3) is 0 Å². The molecule has 3 atom stereocenters. The number of likely N-dealkylation sites (tertiary alicyclic amines) is 1. The van der Waals surface area contributed by atoms with Crippen LogP contribution in [0.2, 0.25) is 0 Å². The van der Waals surface area contributed by atoms with E-state index in [1.54, 1.807) is 19.5 Å². The highest BCUT2D eigenvalue weighted by Gasteiger charge is 2.35. The number of carbonyl (C=O) groups excluding carboxylic acids is 1. The molecule has 1 N–H and O–H groups in total. The van der Waals surface area contributed by atoms with Crippen molar-refractivity contribution in [3.8, 4) is 0 Å². The average molecular weight is 326 g/mol. The molecule has 0 aliphatic carbocycles. The number of rotatable bonds is 3. The molecule has 3 rings (SSSR count). The molecule has 0 aromatic carbocycles. The number of amides is 1. The fourth-order valence-electron chi connectivity index (χ4n) is 3.11. The fourth-order valence-corrected chi connectivity index (χ4v) is 3.11. The Labute approximate surface area is 135 Å². The van der Waals surface area contributed by atoms with Crippen LogP contribution in [-0.2, 0) is 4.74 Å². The van der Waals surface area contributed by atoms with Gasteiger partial charge in [0.15, 0.2) is 12.0 Å². The Hall–Kier alpha value is -1.70. The van der Waals surface area contributed by atoms with E-state index in [0.29, 0.717) is 13.2 Å². The molecular formula is C14H18ClN4O3-. The Kier molecular flexibility index (Phi) is 5.33. The number of quaternary nitrogens is 1. The number of methoxy groups -OCH3 is 1. The van der Waals surface area contributed by atoms with Crippen LogP contribution in [0.4, 0.5) is 4.79 Å². The number of carbonyl (C=O) groups is 1. The van der Waals surface area contributed by atoms with Crippen molar-refractivity contribution in [1.29, 1.82) is 0 Å². The minimum Gasteiger partial charge on any atom is -1.00 e. The second-order valence-corrected chi connectivity index (χ2v) is 5.41. The molecule has 0 aromatic heterocycles. The standard InChI is InChI=1S/C14H18N4O3.ClH/c1-21-8-11-3-2-10(7-18(11)14(19)20)13-12-6-15-4-5-17(12)9-16-13;/h4-6,9-11H,2-3,7-8H2,1H3,(H,19,20);1H/p-1. The molecule has 0 aromatic rings. The number of allylic oxidation sites excluding steroid dienone is 1. The molecule has 0 spiro atoms. The van der Waals surface area contributed by atoms with Gasteiger partial charge >= 0.3 is 0 Å². The summed E-state index contributed by atoms with van der Waals surface area (Å²) in [7, 11) is 1.58. The van der Waals surface area contributed by atoms with E-state index in [9.17, 15) is 9.90 Å². The summed E-state index contributed by atoms with van der Waals surface area (Å²) in [6.45, 7) is 0.800. The maximum atomic E-state index is 11.3. The van der Waals surface area contributed by atoms with Gasteiger partial charge in [-0.2, -0.15) is 0 Å². The van der Waals surface area contributed by atoms with Gasteiger partial charge in [-0.25, -0.2) is 9.89 Å². The zero-order valence-electron chi connectivity index (χ0n) is 12.2. The molecule has 22 heavy (non-hydrogen) atoms. The van der Waals surface area contributed by atoms with Crippen molar-refractivity contribution in [1.82, 2.24) is 4.90 Å². The fraction of sp³-hybridized carbons (Fsp3) is 0.500. The number of nitrogens with one attached hydrogen (secondary N) is 1. The van der Waals surface area contributed by atoms with Crippen LogP contribution in [0.25, 0.3) is 0 Å². The molecule has 0 radical (unpaired) electrons. The predicted molar refractivity (Wildman–Crippen MR) is 74.6 cm³/mol. The molecule has 8 heteroatoms. The first-order valence-corrected chi connectivity index (χ1v) is 7.02. The highest BCUT2D eigenvalue weighted by molar-refractivity contribution is 5.81. The first kappa shape index (κ1) is 16.7. The van der Waals surface area contributed by atoms with E-state index >= 15 is 0 Å². The zero-order chi connectivity index (χ0) is 14.8. The summed E-state index contributed by atoms with van der Waals surface area (Å²) in [5, 5.41) is 11.3. The molecule has 0 saturated carbocycles. The summed E-state index contributed by atoms with van der Waals surface area (Å²) in [5.41, 5.74) is 1.94. The third-order valence-corrected chi connectivity index (χ3v) is 4.16. The van der Waals surface area contributed by atoms with E-state index in [4.69, 9.17) is 4.74 Å². The third kappa shape index (κ3) is 3.06. The highest BCUT2D eigenvalue weighted by Crippen LogP contribution is 2.29. The quantitative estimate of drug-likeness (QED) is 0.571. The summed E-state index contributed by atoms with van der Waals surface area (Å²) < 4.78 is 5.10. The number of fused-ring (bicyclic) bond motifs is 1. The Morgan fingerprint density at radius 3 is 3.09 bits per heavy atom. The van der Waals surface area contributed by atoms with Gasteiger partial charge in [0.1, 0.15) is 18.0 Å². The number of carboxylic acid groups (broad SMARTS) is 1. The number of piperidine rings is 1. The molecule has 0 bridgehead atoms. The Morgan fingerprint density at radius 1 is 1.55 bits per heavy atom. The molecule has 7 nitrogen and oxygen atoms in total. The van der Waals surface area contributed by atoms with Gasteiger partial charge in [-0.1, -0.05) is 0 Å². The van der Waals surface area contributed by atoms with Crippen molar-refractivity contribution in [2.24, 2.45) is 15.9 Å². The van der Waals surface area contributed by atoms with E-state index < -0.39 is 6.09 Å². The van der Waals surface area contributed by atoms with Crippen LogP contribution in [0.1, 0.15) is 12.8 Å². The van der Waals surface area contributed by atoms with Gasteiger partial charge in [0, 0.05) is 19.6 Å². The minimum absolute atomic E-state index is 0. The van der Waals surface area contributed by atoms with Gasteiger partial charge in [-0.3, -0.25) is 4.99 Å². The zero-order valence-corrected chi connectivity index (χ0v) is 13.0. The summed E-state index contributed by atoms with van der Waals surface area (Å²) in [4.78, 5) is 22.4. The van der Waals surface area contributed by atoms with Gasteiger partial charge < -0.3 is 31.9 Å². The molecule has 1 fully saturated rings.